The van der Waals surface area contributed by atoms with Crippen LogP contribution in [0.15, 0.2) is 6.20 Å². The van der Waals surface area contributed by atoms with E-state index in [1.165, 1.54) is 13.3 Å². The third-order valence-electron chi connectivity index (χ3n) is 1.33. The van der Waals surface area contributed by atoms with Gasteiger partial charge in [-0.15, -0.1) is 0 Å². The van der Waals surface area contributed by atoms with Crippen LogP contribution in [-0.2, 0) is 4.84 Å². The fourth-order valence-corrected chi connectivity index (χ4v) is 1.32. The fraction of sp³-hybridized carbons (Fsp3) is 0.167. The number of pyridine rings is 1. The number of nitrogen functional groups attached to an aromatic ring is 1. The second kappa shape index (κ2) is 4.05. The largest absolute Gasteiger partial charge is 0.383 e. The van der Waals surface area contributed by atoms with Crippen molar-refractivity contribution in [2.24, 2.45) is 0 Å². The van der Waals surface area contributed by atoms with Crippen molar-refractivity contribution in [3.8, 4) is 0 Å². The smallest absolute Gasteiger partial charge is 0.354 e. The minimum absolute atomic E-state index is 0.141. The Morgan fingerprint density at radius 2 is 2.38 bits per heavy atom. The molecule has 0 unspecified atom stereocenters. The molecule has 1 aromatic rings. The summed E-state index contributed by atoms with van der Waals surface area (Å²) >= 11 is 7.73. The predicted molar refractivity (Wildman–Crippen MR) is 56.7 cm³/mol. The molecule has 0 aromatic carbocycles. The standard InChI is InChI=1S/C6H6ClIN3O2/c1-13-11(12)3-2-10-6(9)5(8)4(3)7/h2H,1H3,(H2,9,10)/q+1. The van der Waals surface area contributed by atoms with Gasteiger partial charge >= 0.3 is 5.69 Å². The maximum absolute atomic E-state index is 11.0. The van der Waals surface area contributed by atoms with Crippen LogP contribution >= 0.6 is 34.2 Å². The Labute approximate surface area is 92.9 Å². The summed E-state index contributed by atoms with van der Waals surface area (Å²) in [5.74, 6) is 0.291. The highest BCUT2D eigenvalue weighted by Crippen LogP contribution is 2.31. The van der Waals surface area contributed by atoms with E-state index in [2.05, 4.69) is 9.82 Å². The Bertz CT molecular complexity index is 358. The first-order valence-corrected chi connectivity index (χ1v) is 4.64. The average molecular weight is 314 g/mol. The number of hydrogen-bond acceptors (Lipinski definition) is 4. The molecule has 0 amide bonds. The monoisotopic (exact) mass is 314 g/mol. The van der Waals surface area contributed by atoms with E-state index in [0.29, 0.717) is 9.39 Å². The van der Waals surface area contributed by atoms with Gasteiger partial charge in [-0.25, -0.2) is 9.82 Å². The molecule has 0 bridgehead atoms. The van der Waals surface area contributed by atoms with Crippen LogP contribution < -0.4 is 5.73 Å². The second-order valence-corrected chi connectivity index (χ2v) is 3.55. The highest BCUT2D eigenvalue weighted by atomic mass is 127. The molecule has 5 nitrogen and oxygen atoms in total. The van der Waals surface area contributed by atoms with Crippen LogP contribution in [0.3, 0.4) is 0 Å². The van der Waals surface area contributed by atoms with Crippen LogP contribution in [0.2, 0.25) is 5.02 Å². The van der Waals surface area contributed by atoms with E-state index in [-0.39, 0.29) is 15.6 Å². The number of hydrogen-bond donors (Lipinski definition) is 1. The van der Waals surface area contributed by atoms with Gasteiger partial charge in [-0.05, 0) is 22.6 Å². The lowest BCUT2D eigenvalue weighted by Gasteiger charge is -1.98. The van der Waals surface area contributed by atoms with E-state index >= 15 is 0 Å². The molecule has 0 atom stereocenters. The Morgan fingerprint density at radius 1 is 1.77 bits per heavy atom. The number of aromatic nitrogens is 1. The summed E-state index contributed by atoms with van der Waals surface area (Å²) in [5.41, 5.74) is 5.61. The zero-order valence-corrected chi connectivity index (χ0v) is 9.53. The SMILES string of the molecule is CO[N+](=O)c1cnc(N)c(I)c1Cl. The summed E-state index contributed by atoms with van der Waals surface area (Å²) in [6.07, 6.45) is 1.26. The van der Waals surface area contributed by atoms with Gasteiger partial charge in [0.25, 0.3) is 4.92 Å². The zero-order valence-electron chi connectivity index (χ0n) is 6.62. The number of nitrogens with two attached hydrogens (primary N) is 1. The molecule has 1 aromatic heterocycles. The lowest BCUT2D eigenvalue weighted by molar-refractivity contribution is -0.736. The summed E-state index contributed by atoms with van der Waals surface area (Å²) in [7, 11) is 1.24. The molecule has 7 heteroatoms. The first-order chi connectivity index (χ1) is 6.07. The number of halogens is 2. The lowest BCUT2D eigenvalue weighted by atomic mass is 10.4. The number of nitrogens with zero attached hydrogens (tertiary/aromatic N) is 2. The molecule has 0 saturated carbocycles. The zero-order chi connectivity index (χ0) is 10.0. The van der Waals surface area contributed by atoms with E-state index in [1.807, 2.05) is 22.6 Å². The molecular weight excluding hydrogens is 308 g/mol. The normalized spacial score (nSPS) is 9.77. The molecule has 1 heterocycles. The number of anilines is 1. The van der Waals surface area contributed by atoms with E-state index in [1.54, 1.807) is 0 Å². The molecule has 0 aliphatic carbocycles. The van der Waals surface area contributed by atoms with Crippen LogP contribution in [0, 0.1) is 8.48 Å². The van der Waals surface area contributed by atoms with Crippen molar-refractivity contribution >= 4 is 45.7 Å². The molecule has 0 spiro atoms. The molecule has 70 valence electrons. The summed E-state index contributed by atoms with van der Waals surface area (Å²) in [6.45, 7) is 0. The molecule has 0 saturated heterocycles. The quantitative estimate of drug-likeness (QED) is 0.668. The molecule has 0 aliphatic rings. The van der Waals surface area contributed by atoms with Crippen molar-refractivity contribution in [2.75, 3.05) is 12.8 Å². The van der Waals surface area contributed by atoms with Gasteiger partial charge < -0.3 is 5.73 Å². The molecular formula is C6H6ClIN3O2+. The predicted octanol–water partition coefficient (Wildman–Crippen LogP) is 1.89. The maximum atomic E-state index is 11.0. The minimum Gasteiger partial charge on any atom is -0.383 e. The van der Waals surface area contributed by atoms with Crippen molar-refractivity contribution < 1.29 is 9.76 Å². The van der Waals surface area contributed by atoms with Gasteiger partial charge in [0.2, 0.25) is 0 Å². The molecule has 2 N–H and O–H groups in total. The fourth-order valence-electron chi connectivity index (χ4n) is 0.695. The Balaban J connectivity index is 3.26. The van der Waals surface area contributed by atoms with Crippen molar-refractivity contribution in [3.63, 3.8) is 0 Å². The van der Waals surface area contributed by atoms with Gasteiger partial charge in [-0.2, -0.15) is 0 Å². The molecule has 0 aliphatic heterocycles. The van der Waals surface area contributed by atoms with Gasteiger partial charge in [0, 0.05) is 0 Å². The summed E-state index contributed by atoms with van der Waals surface area (Å²) in [4.78, 5) is 19.5. The van der Waals surface area contributed by atoms with Crippen LogP contribution in [-0.4, -0.2) is 17.0 Å². The summed E-state index contributed by atoms with van der Waals surface area (Å²) < 4.78 is 0.537. The van der Waals surface area contributed by atoms with E-state index in [9.17, 15) is 4.91 Å². The van der Waals surface area contributed by atoms with Crippen LogP contribution in [0.1, 0.15) is 0 Å². The first kappa shape index (κ1) is 10.5. The topological polar surface area (TPSA) is 68.2 Å². The summed E-state index contributed by atoms with van der Waals surface area (Å²) in [6, 6.07) is 0. The van der Waals surface area contributed by atoms with Crippen molar-refractivity contribution in [1.29, 1.82) is 0 Å². The molecule has 0 fully saturated rings. The van der Waals surface area contributed by atoms with Crippen LogP contribution in [0.4, 0.5) is 11.5 Å². The van der Waals surface area contributed by atoms with E-state index < -0.39 is 0 Å². The summed E-state index contributed by atoms with van der Waals surface area (Å²) in [5, 5.41) is 0.241. The van der Waals surface area contributed by atoms with E-state index in [4.69, 9.17) is 17.3 Å². The average Bonchev–Trinajstić information content (AvgIpc) is 2.13. The van der Waals surface area contributed by atoms with Crippen LogP contribution in [0.5, 0.6) is 0 Å². The minimum atomic E-state index is 0.141. The van der Waals surface area contributed by atoms with Gasteiger partial charge in [0.1, 0.15) is 17.0 Å². The van der Waals surface area contributed by atoms with E-state index in [0.717, 1.165) is 0 Å². The molecule has 1 rings (SSSR count). The van der Waals surface area contributed by atoms with Gasteiger partial charge in [0.15, 0.2) is 7.11 Å². The van der Waals surface area contributed by atoms with Crippen molar-refractivity contribution in [2.45, 2.75) is 0 Å². The van der Waals surface area contributed by atoms with Crippen molar-refractivity contribution in [3.05, 3.63) is 19.7 Å². The van der Waals surface area contributed by atoms with Gasteiger partial charge in [-0.3, -0.25) is 0 Å². The third-order valence-corrected chi connectivity index (χ3v) is 3.12. The Kier molecular flexibility index (Phi) is 3.26. The van der Waals surface area contributed by atoms with Gasteiger partial charge in [-0.1, -0.05) is 11.6 Å². The molecule has 13 heavy (non-hydrogen) atoms. The van der Waals surface area contributed by atoms with Crippen LogP contribution in [0.25, 0.3) is 0 Å². The third kappa shape index (κ3) is 1.99. The first-order valence-electron chi connectivity index (χ1n) is 3.18. The molecule has 0 radical (unpaired) electrons. The number of rotatable bonds is 2. The lowest BCUT2D eigenvalue weighted by Crippen LogP contribution is -2.02. The second-order valence-electron chi connectivity index (χ2n) is 2.10. The Morgan fingerprint density at radius 3 is 2.92 bits per heavy atom. The van der Waals surface area contributed by atoms with Crippen molar-refractivity contribution in [1.82, 2.24) is 4.98 Å². The Hall–Kier alpha value is -0.630. The highest BCUT2D eigenvalue weighted by molar-refractivity contribution is 14.1. The maximum Gasteiger partial charge on any atom is 0.354 e. The van der Waals surface area contributed by atoms with Gasteiger partial charge in [0.05, 0.1) is 8.48 Å². The highest BCUT2D eigenvalue weighted by Gasteiger charge is 2.23.